The standard InChI is InChI=1S/C16H23NO/c1-3-7-16(17-12-5-4-6-13-17)14-8-10-15(18-2)11-9-14/h3,8-11,16H,1,4-7,12-13H2,2H3. The summed E-state index contributed by atoms with van der Waals surface area (Å²) in [6, 6.07) is 8.95. The second-order valence-electron chi connectivity index (χ2n) is 4.91. The maximum Gasteiger partial charge on any atom is 0.118 e. The number of nitrogens with zero attached hydrogens (tertiary/aromatic N) is 1. The molecule has 0 amide bonds. The summed E-state index contributed by atoms with van der Waals surface area (Å²) >= 11 is 0. The molecule has 0 aromatic heterocycles. The number of hydrogen-bond donors (Lipinski definition) is 0. The summed E-state index contributed by atoms with van der Waals surface area (Å²) in [5.74, 6) is 0.926. The van der Waals surface area contributed by atoms with Crippen molar-refractivity contribution in [3.63, 3.8) is 0 Å². The molecule has 0 N–H and O–H groups in total. The Kier molecular flexibility index (Phi) is 4.82. The summed E-state index contributed by atoms with van der Waals surface area (Å²) in [5.41, 5.74) is 1.37. The summed E-state index contributed by atoms with van der Waals surface area (Å²) in [7, 11) is 1.71. The van der Waals surface area contributed by atoms with Crippen LogP contribution in [0.25, 0.3) is 0 Å². The van der Waals surface area contributed by atoms with Crippen molar-refractivity contribution >= 4 is 0 Å². The highest BCUT2D eigenvalue weighted by Gasteiger charge is 2.20. The first-order valence-corrected chi connectivity index (χ1v) is 6.84. The first kappa shape index (κ1) is 13.2. The third-order valence-corrected chi connectivity index (χ3v) is 3.72. The Labute approximate surface area is 110 Å². The molecule has 18 heavy (non-hydrogen) atoms. The van der Waals surface area contributed by atoms with E-state index in [1.165, 1.54) is 37.9 Å². The Morgan fingerprint density at radius 2 is 1.89 bits per heavy atom. The molecular formula is C16H23NO. The molecule has 1 heterocycles. The molecule has 1 aliphatic rings. The molecule has 0 spiro atoms. The van der Waals surface area contributed by atoms with E-state index in [0.717, 1.165) is 12.2 Å². The second-order valence-corrected chi connectivity index (χ2v) is 4.91. The lowest BCUT2D eigenvalue weighted by Gasteiger charge is -2.34. The monoisotopic (exact) mass is 245 g/mol. The fourth-order valence-electron chi connectivity index (χ4n) is 2.71. The summed E-state index contributed by atoms with van der Waals surface area (Å²) in [5, 5.41) is 0. The molecule has 1 aliphatic heterocycles. The molecule has 1 aromatic carbocycles. The van der Waals surface area contributed by atoms with E-state index in [1.54, 1.807) is 7.11 Å². The van der Waals surface area contributed by atoms with Gasteiger partial charge in [0.05, 0.1) is 7.11 Å². The highest BCUT2D eigenvalue weighted by Crippen LogP contribution is 2.28. The molecule has 1 saturated heterocycles. The van der Waals surface area contributed by atoms with Crippen LogP contribution in [-0.4, -0.2) is 25.1 Å². The van der Waals surface area contributed by atoms with Gasteiger partial charge in [-0.3, -0.25) is 4.90 Å². The van der Waals surface area contributed by atoms with Crippen LogP contribution < -0.4 is 4.74 Å². The van der Waals surface area contributed by atoms with Crippen LogP contribution in [0.4, 0.5) is 0 Å². The van der Waals surface area contributed by atoms with Gasteiger partial charge in [0, 0.05) is 6.04 Å². The zero-order valence-corrected chi connectivity index (χ0v) is 11.3. The van der Waals surface area contributed by atoms with Crippen LogP contribution in [-0.2, 0) is 0 Å². The molecule has 1 unspecified atom stereocenters. The molecular weight excluding hydrogens is 222 g/mol. The normalized spacial score (nSPS) is 18.3. The van der Waals surface area contributed by atoms with Crippen LogP contribution >= 0.6 is 0 Å². The van der Waals surface area contributed by atoms with Gasteiger partial charge in [-0.05, 0) is 50.0 Å². The van der Waals surface area contributed by atoms with E-state index in [0.29, 0.717) is 6.04 Å². The van der Waals surface area contributed by atoms with Gasteiger partial charge in [0.2, 0.25) is 0 Å². The van der Waals surface area contributed by atoms with Gasteiger partial charge >= 0.3 is 0 Å². The average Bonchev–Trinajstić information content (AvgIpc) is 2.46. The molecule has 98 valence electrons. The zero-order valence-electron chi connectivity index (χ0n) is 11.3. The highest BCUT2D eigenvalue weighted by atomic mass is 16.5. The molecule has 0 bridgehead atoms. The third kappa shape index (κ3) is 3.14. The molecule has 2 nitrogen and oxygen atoms in total. The maximum absolute atomic E-state index is 5.22. The summed E-state index contributed by atoms with van der Waals surface area (Å²) in [4.78, 5) is 2.59. The van der Waals surface area contributed by atoms with Crippen molar-refractivity contribution in [2.45, 2.75) is 31.7 Å². The van der Waals surface area contributed by atoms with E-state index in [4.69, 9.17) is 4.74 Å². The van der Waals surface area contributed by atoms with E-state index in [2.05, 4.69) is 35.7 Å². The lowest BCUT2D eigenvalue weighted by molar-refractivity contribution is 0.164. The Hall–Kier alpha value is -1.28. The predicted molar refractivity (Wildman–Crippen MR) is 76.0 cm³/mol. The molecule has 1 fully saturated rings. The van der Waals surface area contributed by atoms with Crippen LogP contribution in [0.1, 0.15) is 37.3 Å². The van der Waals surface area contributed by atoms with Gasteiger partial charge < -0.3 is 4.74 Å². The summed E-state index contributed by atoms with van der Waals surface area (Å²) < 4.78 is 5.22. The van der Waals surface area contributed by atoms with Crippen molar-refractivity contribution < 1.29 is 4.74 Å². The fraction of sp³-hybridized carbons (Fsp3) is 0.500. The van der Waals surface area contributed by atoms with Crippen molar-refractivity contribution in [2.24, 2.45) is 0 Å². The minimum absolute atomic E-state index is 0.480. The predicted octanol–water partition coefficient (Wildman–Crippen LogP) is 3.80. The van der Waals surface area contributed by atoms with Crippen LogP contribution in [0.15, 0.2) is 36.9 Å². The number of rotatable bonds is 5. The number of benzene rings is 1. The lowest BCUT2D eigenvalue weighted by atomic mass is 9.99. The molecule has 2 rings (SSSR count). The van der Waals surface area contributed by atoms with E-state index in [1.807, 2.05) is 6.08 Å². The van der Waals surface area contributed by atoms with Crippen molar-refractivity contribution in [1.29, 1.82) is 0 Å². The smallest absolute Gasteiger partial charge is 0.118 e. The minimum atomic E-state index is 0.480. The van der Waals surface area contributed by atoms with E-state index < -0.39 is 0 Å². The van der Waals surface area contributed by atoms with Gasteiger partial charge in [-0.25, -0.2) is 0 Å². The number of likely N-dealkylation sites (tertiary alicyclic amines) is 1. The van der Waals surface area contributed by atoms with Crippen molar-refractivity contribution in [3.8, 4) is 5.75 Å². The molecule has 0 aliphatic carbocycles. The van der Waals surface area contributed by atoms with Gasteiger partial charge in [0.15, 0.2) is 0 Å². The van der Waals surface area contributed by atoms with Crippen LogP contribution in [0.3, 0.4) is 0 Å². The first-order valence-electron chi connectivity index (χ1n) is 6.84. The van der Waals surface area contributed by atoms with Crippen molar-refractivity contribution in [3.05, 3.63) is 42.5 Å². The van der Waals surface area contributed by atoms with Gasteiger partial charge in [-0.1, -0.05) is 24.6 Å². The number of hydrogen-bond acceptors (Lipinski definition) is 2. The molecule has 2 heteroatoms. The third-order valence-electron chi connectivity index (χ3n) is 3.72. The van der Waals surface area contributed by atoms with Crippen LogP contribution in [0.5, 0.6) is 5.75 Å². The molecule has 0 saturated carbocycles. The Morgan fingerprint density at radius 3 is 2.44 bits per heavy atom. The molecule has 0 radical (unpaired) electrons. The molecule has 1 atom stereocenters. The number of piperidine rings is 1. The largest absolute Gasteiger partial charge is 0.497 e. The van der Waals surface area contributed by atoms with Crippen molar-refractivity contribution in [1.82, 2.24) is 4.90 Å². The van der Waals surface area contributed by atoms with Crippen LogP contribution in [0, 0.1) is 0 Å². The number of ether oxygens (including phenoxy) is 1. The van der Waals surface area contributed by atoms with E-state index >= 15 is 0 Å². The zero-order chi connectivity index (χ0) is 12.8. The van der Waals surface area contributed by atoms with Crippen molar-refractivity contribution in [2.75, 3.05) is 20.2 Å². The highest BCUT2D eigenvalue weighted by molar-refractivity contribution is 5.29. The Balaban J connectivity index is 2.13. The van der Waals surface area contributed by atoms with E-state index in [-0.39, 0.29) is 0 Å². The van der Waals surface area contributed by atoms with Gasteiger partial charge in [-0.15, -0.1) is 6.58 Å². The summed E-state index contributed by atoms with van der Waals surface area (Å²) in [6.07, 6.45) is 7.07. The summed E-state index contributed by atoms with van der Waals surface area (Å²) in [6.45, 7) is 6.33. The van der Waals surface area contributed by atoms with E-state index in [9.17, 15) is 0 Å². The van der Waals surface area contributed by atoms with Gasteiger partial charge in [-0.2, -0.15) is 0 Å². The maximum atomic E-state index is 5.22. The van der Waals surface area contributed by atoms with Crippen LogP contribution in [0.2, 0.25) is 0 Å². The SMILES string of the molecule is C=CCC(c1ccc(OC)cc1)N1CCCCC1. The first-order chi connectivity index (χ1) is 8.85. The average molecular weight is 245 g/mol. The fourth-order valence-corrected chi connectivity index (χ4v) is 2.71. The topological polar surface area (TPSA) is 12.5 Å². The second kappa shape index (κ2) is 6.60. The number of methoxy groups -OCH3 is 1. The van der Waals surface area contributed by atoms with Gasteiger partial charge in [0.1, 0.15) is 5.75 Å². The molecule has 1 aromatic rings. The minimum Gasteiger partial charge on any atom is -0.497 e. The Morgan fingerprint density at radius 1 is 1.22 bits per heavy atom. The Bertz CT molecular complexity index is 365. The quantitative estimate of drug-likeness (QED) is 0.732. The van der Waals surface area contributed by atoms with Gasteiger partial charge in [0.25, 0.3) is 0 Å². The lowest BCUT2D eigenvalue weighted by Crippen LogP contribution is -2.33.